The lowest BCUT2D eigenvalue weighted by atomic mass is 9.97. The van der Waals surface area contributed by atoms with E-state index in [0.717, 1.165) is 35.5 Å². The smallest absolute Gasteiger partial charge is 0.318 e. The van der Waals surface area contributed by atoms with Crippen molar-refractivity contribution in [1.29, 1.82) is 0 Å². The first-order valence-corrected chi connectivity index (χ1v) is 10.9. The summed E-state index contributed by atoms with van der Waals surface area (Å²) in [5.41, 5.74) is 3.91. The summed E-state index contributed by atoms with van der Waals surface area (Å²) in [6.07, 6.45) is 3.94. The Kier molecular flexibility index (Phi) is 4.98. The average Bonchev–Trinajstić information content (AvgIpc) is 3.52. The Hall–Kier alpha value is -3.54. The highest BCUT2D eigenvalue weighted by atomic mass is 16.2. The van der Waals surface area contributed by atoms with E-state index in [1.807, 2.05) is 66.6 Å². The number of benzene rings is 2. The maximum atomic E-state index is 13.8. The fourth-order valence-electron chi connectivity index (χ4n) is 4.44. The number of nitrogens with zero attached hydrogens (tertiary/aromatic N) is 3. The van der Waals surface area contributed by atoms with Crippen LogP contribution in [0.5, 0.6) is 0 Å². The van der Waals surface area contributed by atoms with E-state index < -0.39 is 0 Å². The van der Waals surface area contributed by atoms with Crippen LogP contribution in [-0.4, -0.2) is 40.5 Å². The van der Waals surface area contributed by atoms with E-state index in [2.05, 4.69) is 28.1 Å². The normalized spacial score (nSPS) is 16.9. The van der Waals surface area contributed by atoms with E-state index in [0.29, 0.717) is 6.54 Å². The van der Waals surface area contributed by atoms with Gasteiger partial charge in [-0.3, -0.25) is 9.69 Å². The zero-order valence-electron chi connectivity index (χ0n) is 17.6. The molecule has 31 heavy (non-hydrogen) atoms. The van der Waals surface area contributed by atoms with Gasteiger partial charge in [-0.1, -0.05) is 42.5 Å². The van der Waals surface area contributed by atoms with Crippen LogP contribution in [0.3, 0.4) is 0 Å². The summed E-state index contributed by atoms with van der Waals surface area (Å²) in [5.74, 6) is -0.0769. The van der Waals surface area contributed by atoms with Crippen LogP contribution in [-0.2, 0) is 4.79 Å². The van der Waals surface area contributed by atoms with Gasteiger partial charge in [0.1, 0.15) is 12.6 Å². The summed E-state index contributed by atoms with van der Waals surface area (Å²) in [5, 5.41) is 2.86. The first kappa shape index (κ1) is 19.4. The highest BCUT2D eigenvalue weighted by Gasteiger charge is 2.39. The van der Waals surface area contributed by atoms with Crippen molar-refractivity contribution in [2.75, 3.05) is 18.0 Å². The largest absolute Gasteiger partial charge is 0.338 e. The van der Waals surface area contributed by atoms with Gasteiger partial charge in [0.2, 0.25) is 5.91 Å². The molecule has 2 heterocycles. The van der Waals surface area contributed by atoms with Crippen molar-refractivity contribution in [3.05, 3.63) is 84.2 Å². The molecule has 2 aromatic carbocycles. The Morgan fingerprint density at radius 1 is 0.968 bits per heavy atom. The molecule has 158 valence electrons. The van der Waals surface area contributed by atoms with Gasteiger partial charge in [0.05, 0.1) is 17.1 Å². The monoisotopic (exact) mass is 414 g/mol. The summed E-state index contributed by atoms with van der Waals surface area (Å²) in [4.78, 5) is 30.0. The number of hydrogen-bond acceptors (Lipinski definition) is 2. The molecule has 1 aromatic heterocycles. The Bertz CT molecular complexity index is 1100. The van der Waals surface area contributed by atoms with E-state index in [9.17, 15) is 9.59 Å². The third kappa shape index (κ3) is 3.48. The first-order valence-electron chi connectivity index (χ1n) is 10.9. The van der Waals surface area contributed by atoms with Crippen LogP contribution < -0.4 is 10.2 Å². The molecule has 1 aliphatic carbocycles. The van der Waals surface area contributed by atoms with Crippen LogP contribution in [0.25, 0.3) is 5.69 Å². The van der Waals surface area contributed by atoms with Gasteiger partial charge in [-0.2, -0.15) is 0 Å². The first-order chi connectivity index (χ1) is 15.2. The van der Waals surface area contributed by atoms with Crippen LogP contribution in [0.2, 0.25) is 0 Å². The van der Waals surface area contributed by atoms with Crippen molar-refractivity contribution in [2.24, 2.45) is 0 Å². The molecule has 2 aliphatic rings. The lowest BCUT2D eigenvalue weighted by molar-refractivity contribution is -0.119. The lowest BCUT2D eigenvalue weighted by Gasteiger charge is -2.39. The fraction of sp³-hybridized carbons (Fsp3) is 0.280. The van der Waals surface area contributed by atoms with Gasteiger partial charge >= 0.3 is 6.03 Å². The van der Waals surface area contributed by atoms with Crippen molar-refractivity contribution < 1.29 is 9.59 Å². The maximum Gasteiger partial charge on any atom is 0.318 e. The van der Waals surface area contributed by atoms with Crippen LogP contribution in [0.15, 0.2) is 72.9 Å². The molecular formula is C25H26N4O2. The number of carbonyl (C=O) groups excluding carboxylic acids is 2. The molecule has 0 radical (unpaired) electrons. The Morgan fingerprint density at radius 2 is 1.68 bits per heavy atom. The molecule has 1 fully saturated rings. The Balaban J connectivity index is 1.57. The Labute approximate surface area is 182 Å². The fourth-order valence-corrected chi connectivity index (χ4v) is 4.44. The zero-order chi connectivity index (χ0) is 21.4. The number of amides is 3. The predicted molar refractivity (Wildman–Crippen MR) is 120 cm³/mol. The van der Waals surface area contributed by atoms with Crippen molar-refractivity contribution >= 4 is 17.6 Å². The number of hydrogen-bond donors (Lipinski definition) is 1. The quantitative estimate of drug-likeness (QED) is 0.683. The number of nitrogens with one attached hydrogen (secondary N) is 1. The number of anilines is 1. The molecule has 3 aromatic rings. The second-order valence-corrected chi connectivity index (χ2v) is 8.06. The van der Waals surface area contributed by atoms with E-state index in [-0.39, 0.29) is 30.6 Å². The van der Waals surface area contributed by atoms with Crippen molar-refractivity contribution in [1.82, 2.24) is 14.8 Å². The molecule has 5 rings (SSSR count). The molecule has 3 amide bonds. The highest BCUT2D eigenvalue weighted by molar-refractivity contribution is 6.00. The van der Waals surface area contributed by atoms with E-state index in [4.69, 9.17) is 0 Å². The van der Waals surface area contributed by atoms with E-state index in [1.54, 1.807) is 4.90 Å². The lowest BCUT2D eigenvalue weighted by Crippen LogP contribution is -2.49. The molecule has 6 heteroatoms. The minimum atomic E-state index is -0.256. The standard InChI is InChI=1S/C25H26N4O2/c1-2-26-25(31)28(19-14-15-19)17-23(30)29-21-12-7-6-11-20(21)27-16-8-13-22(27)24(29)18-9-4-3-5-10-18/h3-13,16,19,24H,2,14-15,17H2,1H3,(H,26,31). The van der Waals surface area contributed by atoms with Gasteiger partial charge in [-0.15, -0.1) is 0 Å². The molecule has 1 unspecified atom stereocenters. The molecule has 0 spiro atoms. The maximum absolute atomic E-state index is 13.8. The number of para-hydroxylation sites is 2. The highest BCUT2D eigenvalue weighted by Crippen LogP contribution is 2.42. The predicted octanol–water partition coefficient (Wildman–Crippen LogP) is 4.11. The number of urea groups is 1. The molecule has 1 atom stereocenters. The second-order valence-electron chi connectivity index (χ2n) is 8.06. The average molecular weight is 415 g/mol. The van der Waals surface area contributed by atoms with Gasteiger partial charge in [0.15, 0.2) is 0 Å². The van der Waals surface area contributed by atoms with Gasteiger partial charge < -0.3 is 14.8 Å². The Morgan fingerprint density at radius 3 is 2.39 bits per heavy atom. The molecule has 1 N–H and O–H groups in total. The van der Waals surface area contributed by atoms with Crippen LogP contribution in [0.1, 0.15) is 37.1 Å². The van der Waals surface area contributed by atoms with Crippen molar-refractivity contribution in [3.63, 3.8) is 0 Å². The minimum absolute atomic E-state index is 0.0644. The topological polar surface area (TPSA) is 57.6 Å². The van der Waals surface area contributed by atoms with Crippen molar-refractivity contribution in [2.45, 2.75) is 31.8 Å². The molecule has 1 saturated carbocycles. The van der Waals surface area contributed by atoms with E-state index in [1.165, 1.54) is 0 Å². The molecule has 0 saturated heterocycles. The number of fused-ring (bicyclic) bond motifs is 3. The minimum Gasteiger partial charge on any atom is -0.338 e. The van der Waals surface area contributed by atoms with Crippen LogP contribution in [0.4, 0.5) is 10.5 Å². The zero-order valence-corrected chi connectivity index (χ0v) is 17.6. The third-order valence-corrected chi connectivity index (χ3v) is 5.99. The summed E-state index contributed by atoms with van der Waals surface area (Å²) in [6.45, 7) is 2.50. The molecular weight excluding hydrogens is 388 g/mol. The summed E-state index contributed by atoms with van der Waals surface area (Å²) in [7, 11) is 0. The van der Waals surface area contributed by atoms with Gasteiger partial charge in [-0.25, -0.2) is 4.79 Å². The number of aromatic nitrogens is 1. The van der Waals surface area contributed by atoms with Crippen LogP contribution in [0, 0.1) is 0 Å². The van der Waals surface area contributed by atoms with Gasteiger partial charge in [0, 0.05) is 18.8 Å². The molecule has 0 bridgehead atoms. The second kappa shape index (κ2) is 7.95. The van der Waals surface area contributed by atoms with Crippen molar-refractivity contribution in [3.8, 4) is 5.69 Å². The third-order valence-electron chi connectivity index (χ3n) is 5.99. The van der Waals surface area contributed by atoms with Crippen LogP contribution >= 0.6 is 0 Å². The van der Waals surface area contributed by atoms with E-state index >= 15 is 0 Å². The summed E-state index contributed by atoms with van der Waals surface area (Å²) in [6, 6.07) is 21.9. The molecule has 1 aliphatic heterocycles. The van der Waals surface area contributed by atoms with Gasteiger partial charge in [0.25, 0.3) is 0 Å². The summed E-state index contributed by atoms with van der Waals surface area (Å²) >= 11 is 0. The molecule has 6 nitrogen and oxygen atoms in total. The number of rotatable bonds is 5. The SMILES string of the molecule is CCNC(=O)N(CC(=O)N1c2ccccc2-n2cccc2C1c1ccccc1)C1CC1. The number of carbonyl (C=O) groups is 2. The van der Waals surface area contributed by atoms with Gasteiger partial charge in [-0.05, 0) is 49.6 Å². The summed E-state index contributed by atoms with van der Waals surface area (Å²) < 4.78 is 2.15.